The summed E-state index contributed by atoms with van der Waals surface area (Å²) in [5.74, 6) is -0.0495. The van der Waals surface area contributed by atoms with E-state index in [0.717, 1.165) is 5.56 Å². The zero-order chi connectivity index (χ0) is 15.4. The Kier molecular flexibility index (Phi) is 4.24. The number of nitrogens with zero attached hydrogens (tertiary/aromatic N) is 2. The van der Waals surface area contributed by atoms with Crippen LogP contribution in [0.25, 0.3) is 0 Å². The lowest BCUT2D eigenvalue weighted by Crippen LogP contribution is -2.26. The maximum absolute atomic E-state index is 12.4. The lowest BCUT2D eigenvalue weighted by Gasteiger charge is -2.19. The molecule has 2 rings (SSSR count). The number of phenols is 1. The highest BCUT2D eigenvalue weighted by molar-refractivity contribution is 5.96. The van der Waals surface area contributed by atoms with Crippen molar-refractivity contribution >= 4 is 5.91 Å². The minimum Gasteiger partial charge on any atom is -0.508 e. The maximum atomic E-state index is 12.4. The van der Waals surface area contributed by atoms with E-state index in [1.165, 1.54) is 0 Å². The fraction of sp³-hybridized carbons (Fsp3) is 0.176. The third-order valence-electron chi connectivity index (χ3n) is 3.36. The number of hydrogen-bond acceptors (Lipinski definition) is 3. The van der Waals surface area contributed by atoms with Gasteiger partial charge in [0.1, 0.15) is 5.75 Å². The Morgan fingerprint density at radius 3 is 2.71 bits per heavy atom. The fourth-order valence-electron chi connectivity index (χ4n) is 2.15. The predicted octanol–water partition coefficient (Wildman–Crippen LogP) is 2.84. The summed E-state index contributed by atoms with van der Waals surface area (Å²) in [6.45, 7) is 2.12. The highest BCUT2D eigenvalue weighted by atomic mass is 16.3. The first-order chi connectivity index (χ1) is 10.0. The normalized spacial score (nSPS) is 9.95. The van der Waals surface area contributed by atoms with Crippen LogP contribution in [0.3, 0.4) is 0 Å². The van der Waals surface area contributed by atoms with E-state index in [4.69, 9.17) is 5.26 Å². The molecule has 2 aromatic carbocycles. The topological polar surface area (TPSA) is 64.3 Å². The third-order valence-corrected chi connectivity index (χ3v) is 3.36. The van der Waals surface area contributed by atoms with Gasteiger partial charge in [0.05, 0.1) is 11.6 Å². The Morgan fingerprint density at radius 2 is 2.00 bits per heavy atom. The summed E-state index contributed by atoms with van der Waals surface area (Å²) in [5.41, 5.74) is 2.51. The second-order valence-electron chi connectivity index (χ2n) is 4.92. The number of amides is 1. The number of nitriles is 1. The summed E-state index contributed by atoms with van der Waals surface area (Å²) in [6.07, 6.45) is 0. The summed E-state index contributed by atoms with van der Waals surface area (Å²) < 4.78 is 0. The van der Waals surface area contributed by atoms with E-state index in [2.05, 4.69) is 6.07 Å². The smallest absolute Gasteiger partial charge is 0.254 e. The maximum Gasteiger partial charge on any atom is 0.254 e. The van der Waals surface area contributed by atoms with Crippen molar-refractivity contribution in [2.45, 2.75) is 13.5 Å². The highest BCUT2D eigenvalue weighted by Gasteiger charge is 2.16. The van der Waals surface area contributed by atoms with Gasteiger partial charge in [-0.2, -0.15) is 5.26 Å². The van der Waals surface area contributed by atoms with Crippen molar-refractivity contribution < 1.29 is 9.90 Å². The van der Waals surface area contributed by atoms with Crippen molar-refractivity contribution in [3.8, 4) is 11.8 Å². The van der Waals surface area contributed by atoms with Crippen LogP contribution < -0.4 is 0 Å². The van der Waals surface area contributed by atoms with Crippen molar-refractivity contribution in [3.63, 3.8) is 0 Å². The molecule has 2 aromatic rings. The van der Waals surface area contributed by atoms with Crippen molar-refractivity contribution in [2.75, 3.05) is 7.05 Å². The molecule has 1 N–H and O–H groups in total. The number of phenolic OH excluding ortho intramolecular Hbond substituents is 1. The second-order valence-corrected chi connectivity index (χ2v) is 4.92. The second kappa shape index (κ2) is 6.10. The quantitative estimate of drug-likeness (QED) is 0.940. The molecular formula is C17H16N2O2. The molecule has 21 heavy (non-hydrogen) atoms. The minimum absolute atomic E-state index is 0.112. The van der Waals surface area contributed by atoms with Crippen LogP contribution in [0.1, 0.15) is 27.0 Å². The first-order valence-electron chi connectivity index (χ1n) is 6.56. The Bertz CT molecular complexity index is 717. The molecule has 0 aliphatic rings. The van der Waals surface area contributed by atoms with E-state index in [1.807, 2.05) is 6.07 Å². The number of aromatic hydroxyl groups is 1. The summed E-state index contributed by atoms with van der Waals surface area (Å²) in [7, 11) is 1.70. The molecule has 106 valence electrons. The Labute approximate surface area is 123 Å². The molecule has 4 heteroatoms. The summed E-state index contributed by atoms with van der Waals surface area (Å²) in [5, 5.41) is 18.6. The molecule has 0 aliphatic heterocycles. The first-order valence-corrected chi connectivity index (χ1v) is 6.56. The van der Waals surface area contributed by atoms with E-state index in [1.54, 1.807) is 55.3 Å². The van der Waals surface area contributed by atoms with Crippen molar-refractivity contribution in [3.05, 3.63) is 64.7 Å². The van der Waals surface area contributed by atoms with Crippen LogP contribution in [0.5, 0.6) is 5.75 Å². The molecule has 0 heterocycles. The molecule has 0 unspecified atom stereocenters. The van der Waals surface area contributed by atoms with Crippen molar-refractivity contribution in [1.82, 2.24) is 4.90 Å². The van der Waals surface area contributed by atoms with Crippen LogP contribution in [0, 0.1) is 18.3 Å². The number of benzene rings is 2. The van der Waals surface area contributed by atoms with Gasteiger partial charge in [-0.25, -0.2) is 0 Å². The minimum atomic E-state index is -0.161. The van der Waals surface area contributed by atoms with E-state index in [9.17, 15) is 9.90 Å². The molecule has 0 bridgehead atoms. The fourth-order valence-corrected chi connectivity index (χ4v) is 2.15. The largest absolute Gasteiger partial charge is 0.508 e. The molecule has 4 nitrogen and oxygen atoms in total. The predicted molar refractivity (Wildman–Crippen MR) is 79.8 cm³/mol. The summed E-state index contributed by atoms with van der Waals surface area (Å²) >= 11 is 0. The van der Waals surface area contributed by atoms with Gasteiger partial charge >= 0.3 is 0 Å². The zero-order valence-electron chi connectivity index (χ0n) is 12.0. The van der Waals surface area contributed by atoms with Gasteiger partial charge in [-0.3, -0.25) is 4.79 Å². The zero-order valence-corrected chi connectivity index (χ0v) is 12.0. The Hall–Kier alpha value is -2.80. The molecule has 0 saturated heterocycles. The molecule has 0 aromatic heterocycles. The lowest BCUT2D eigenvalue weighted by molar-refractivity contribution is 0.0784. The standard InChI is InChI=1S/C17H16N2O2/c1-12-15(7-4-8-16(12)20)17(21)19(2)11-14-6-3-5-13(9-14)10-18/h3-9,20H,11H2,1-2H3. The van der Waals surface area contributed by atoms with Crippen LogP contribution in [-0.4, -0.2) is 23.0 Å². The monoisotopic (exact) mass is 280 g/mol. The van der Waals surface area contributed by atoms with E-state index in [-0.39, 0.29) is 11.7 Å². The lowest BCUT2D eigenvalue weighted by atomic mass is 10.1. The SMILES string of the molecule is Cc1c(O)cccc1C(=O)N(C)Cc1cccc(C#N)c1. The van der Waals surface area contributed by atoms with Gasteiger partial charge < -0.3 is 10.0 Å². The van der Waals surface area contributed by atoms with Crippen LogP contribution in [0.4, 0.5) is 0 Å². The molecule has 0 atom stereocenters. The van der Waals surface area contributed by atoms with Crippen molar-refractivity contribution in [2.24, 2.45) is 0 Å². The Balaban J connectivity index is 2.20. The molecule has 0 saturated carbocycles. The summed E-state index contributed by atoms with van der Waals surface area (Å²) in [4.78, 5) is 14.0. The molecule has 0 spiro atoms. The van der Waals surface area contributed by atoms with Gasteiger partial charge in [0, 0.05) is 24.7 Å². The van der Waals surface area contributed by atoms with Crippen molar-refractivity contribution in [1.29, 1.82) is 5.26 Å². The first kappa shape index (κ1) is 14.6. The number of carbonyl (C=O) groups excluding carboxylic acids is 1. The Morgan fingerprint density at radius 1 is 1.29 bits per heavy atom. The number of rotatable bonds is 3. The molecule has 0 aliphatic carbocycles. The van der Waals surface area contributed by atoms with Gasteiger partial charge in [0.2, 0.25) is 0 Å². The van der Waals surface area contributed by atoms with E-state index in [0.29, 0.717) is 23.2 Å². The molecule has 0 fully saturated rings. The number of hydrogen-bond donors (Lipinski definition) is 1. The molecule has 0 radical (unpaired) electrons. The van der Waals surface area contributed by atoms with Gasteiger partial charge in [0.15, 0.2) is 0 Å². The molecule has 1 amide bonds. The molecular weight excluding hydrogens is 264 g/mol. The van der Waals surface area contributed by atoms with E-state index < -0.39 is 0 Å². The van der Waals surface area contributed by atoms with Crippen LogP contribution in [0.15, 0.2) is 42.5 Å². The van der Waals surface area contributed by atoms with Gasteiger partial charge in [0.25, 0.3) is 5.91 Å². The van der Waals surface area contributed by atoms with Crippen LogP contribution in [0.2, 0.25) is 0 Å². The number of carbonyl (C=O) groups is 1. The van der Waals surface area contributed by atoms with Crippen LogP contribution in [-0.2, 0) is 6.54 Å². The van der Waals surface area contributed by atoms with Gasteiger partial charge in [-0.1, -0.05) is 18.2 Å². The average molecular weight is 280 g/mol. The van der Waals surface area contributed by atoms with Crippen LogP contribution >= 0.6 is 0 Å². The van der Waals surface area contributed by atoms with Gasteiger partial charge in [-0.05, 0) is 36.8 Å². The van der Waals surface area contributed by atoms with E-state index >= 15 is 0 Å². The highest BCUT2D eigenvalue weighted by Crippen LogP contribution is 2.21. The summed E-state index contributed by atoms with van der Waals surface area (Å²) in [6, 6.07) is 14.1. The third kappa shape index (κ3) is 3.21. The average Bonchev–Trinajstić information content (AvgIpc) is 2.49. The van der Waals surface area contributed by atoms with Gasteiger partial charge in [-0.15, -0.1) is 0 Å².